The predicted molar refractivity (Wildman–Crippen MR) is 69.9 cm³/mol. The van der Waals surface area contributed by atoms with Crippen molar-refractivity contribution in [2.75, 3.05) is 12.4 Å². The first kappa shape index (κ1) is 12.6. The predicted octanol–water partition coefficient (Wildman–Crippen LogP) is 3.32. The Bertz CT molecular complexity index is 368. The minimum Gasteiger partial charge on any atom is -0.465 e. The van der Waals surface area contributed by atoms with Crippen LogP contribution in [0, 0.1) is 0 Å². The minimum atomic E-state index is -0.426. The van der Waals surface area contributed by atoms with E-state index in [0.29, 0.717) is 10.6 Å². The minimum absolute atomic E-state index is 0.272. The maximum atomic E-state index is 11.3. The van der Waals surface area contributed by atoms with E-state index in [4.69, 9.17) is 11.6 Å². The molecular formula is C10H11ClINO2. The van der Waals surface area contributed by atoms with Gasteiger partial charge in [-0.05, 0) is 25.1 Å². The summed E-state index contributed by atoms with van der Waals surface area (Å²) in [5.41, 5.74) is 1.22. The maximum Gasteiger partial charge on any atom is 0.339 e. The topological polar surface area (TPSA) is 38.3 Å². The number of methoxy groups -OCH3 is 1. The first-order chi connectivity index (χ1) is 7.04. The molecule has 0 saturated carbocycles. The van der Waals surface area contributed by atoms with Gasteiger partial charge in [0.1, 0.15) is 0 Å². The first-order valence-corrected chi connectivity index (χ1v) is 5.95. The normalized spacial score (nSPS) is 12.0. The van der Waals surface area contributed by atoms with Crippen molar-refractivity contribution in [1.82, 2.24) is 0 Å². The van der Waals surface area contributed by atoms with Crippen molar-refractivity contribution < 1.29 is 9.53 Å². The molecule has 1 atom stereocenters. The molecule has 0 heterocycles. The Morgan fingerprint density at radius 1 is 1.60 bits per heavy atom. The summed E-state index contributed by atoms with van der Waals surface area (Å²) in [5, 5.41) is 3.57. The molecule has 1 unspecified atom stereocenters. The van der Waals surface area contributed by atoms with Crippen molar-refractivity contribution in [2.24, 2.45) is 0 Å². The Hall–Kier alpha value is -0.490. The highest BCUT2D eigenvalue weighted by atomic mass is 127. The molecule has 0 radical (unpaired) electrons. The van der Waals surface area contributed by atoms with Crippen LogP contribution in [0.1, 0.15) is 17.3 Å². The maximum absolute atomic E-state index is 11.3. The van der Waals surface area contributed by atoms with Gasteiger partial charge in [0.25, 0.3) is 0 Å². The number of halogens is 2. The fourth-order valence-electron chi connectivity index (χ4n) is 1.11. The standard InChI is InChI=1S/C10H11ClINO2/c1-6(12)13-7-3-4-9(11)8(5-7)10(14)15-2/h3-6,13H,1-2H3. The third-order valence-electron chi connectivity index (χ3n) is 1.74. The monoisotopic (exact) mass is 339 g/mol. The van der Waals surface area contributed by atoms with Gasteiger partial charge in [-0.15, -0.1) is 0 Å². The summed E-state index contributed by atoms with van der Waals surface area (Å²) < 4.78 is 4.90. The lowest BCUT2D eigenvalue weighted by atomic mass is 10.2. The Morgan fingerprint density at radius 3 is 2.80 bits per heavy atom. The second-order valence-corrected chi connectivity index (χ2v) is 5.22. The van der Waals surface area contributed by atoms with Gasteiger partial charge in [-0.2, -0.15) is 0 Å². The van der Waals surface area contributed by atoms with Gasteiger partial charge in [0, 0.05) is 5.69 Å². The molecule has 0 aliphatic rings. The molecule has 0 saturated heterocycles. The second kappa shape index (κ2) is 5.55. The number of carbonyl (C=O) groups excluding carboxylic acids is 1. The summed E-state index contributed by atoms with van der Waals surface area (Å²) in [6.45, 7) is 2.01. The molecule has 1 rings (SSSR count). The molecule has 0 bridgehead atoms. The third-order valence-corrected chi connectivity index (χ3v) is 2.38. The zero-order valence-corrected chi connectivity index (χ0v) is 11.3. The Labute approximate surface area is 107 Å². The molecule has 0 amide bonds. The van der Waals surface area contributed by atoms with Gasteiger partial charge >= 0.3 is 5.97 Å². The van der Waals surface area contributed by atoms with Crippen molar-refractivity contribution in [3.05, 3.63) is 28.8 Å². The van der Waals surface area contributed by atoms with Crippen molar-refractivity contribution in [3.8, 4) is 0 Å². The molecule has 1 aromatic carbocycles. The van der Waals surface area contributed by atoms with Gasteiger partial charge in [-0.1, -0.05) is 34.2 Å². The summed E-state index contributed by atoms with van der Waals surface area (Å²) in [5.74, 6) is -0.426. The second-order valence-electron chi connectivity index (χ2n) is 2.95. The average molecular weight is 340 g/mol. The quantitative estimate of drug-likeness (QED) is 0.397. The lowest BCUT2D eigenvalue weighted by molar-refractivity contribution is 0.0601. The van der Waals surface area contributed by atoms with Crippen molar-refractivity contribution in [2.45, 2.75) is 11.0 Å². The van der Waals surface area contributed by atoms with Crippen molar-refractivity contribution >= 4 is 45.8 Å². The number of nitrogens with one attached hydrogen (secondary N) is 1. The summed E-state index contributed by atoms with van der Waals surface area (Å²) >= 11 is 8.11. The lowest BCUT2D eigenvalue weighted by Crippen LogP contribution is -2.08. The number of hydrogen-bond donors (Lipinski definition) is 1. The molecule has 82 valence electrons. The van der Waals surface area contributed by atoms with E-state index < -0.39 is 5.97 Å². The average Bonchev–Trinajstić information content (AvgIpc) is 2.19. The van der Waals surface area contributed by atoms with Crippen LogP contribution >= 0.6 is 34.2 Å². The number of hydrogen-bond acceptors (Lipinski definition) is 3. The van der Waals surface area contributed by atoms with Gasteiger partial charge < -0.3 is 10.1 Å². The summed E-state index contributed by atoms with van der Waals surface area (Å²) in [6.07, 6.45) is 0. The van der Waals surface area contributed by atoms with E-state index in [-0.39, 0.29) is 4.05 Å². The Morgan fingerprint density at radius 2 is 2.27 bits per heavy atom. The van der Waals surface area contributed by atoms with Crippen LogP contribution in [-0.4, -0.2) is 17.1 Å². The molecule has 1 aromatic rings. The SMILES string of the molecule is COC(=O)c1cc(NC(C)I)ccc1Cl. The van der Waals surface area contributed by atoms with E-state index in [1.54, 1.807) is 12.1 Å². The fourth-order valence-corrected chi connectivity index (χ4v) is 1.67. The number of rotatable bonds is 3. The number of anilines is 1. The molecule has 0 spiro atoms. The zero-order valence-electron chi connectivity index (χ0n) is 8.38. The summed E-state index contributed by atoms with van der Waals surface area (Å²) in [4.78, 5) is 11.3. The van der Waals surface area contributed by atoms with E-state index in [1.807, 2.05) is 13.0 Å². The molecule has 15 heavy (non-hydrogen) atoms. The van der Waals surface area contributed by atoms with Crippen LogP contribution in [0.3, 0.4) is 0 Å². The van der Waals surface area contributed by atoms with Crippen LogP contribution in [-0.2, 0) is 4.74 Å². The molecule has 5 heteroatoms. The van der Waals surface area contributed by atoms with Crippen LogP contribution in [0.4, 0.5) is 5.69 Å². The highest BCUT2D eigenvalue weighted by Gasteiger charge is 2.11. The Kier molecular flexibility index (Phi) is 4.66. The van der Waals surface area contributed by atoms with Gasteiger partial charge in [0.2, 0.25) is 0 Å². The third kappa shape index (κ3) is 3.53. The van der Waals surface area contributed by atoms with Gasteiger partial charge in [0.15, 0.2) is 0 Å². The van der Waals surface area contributed by atoms with Crippen molar-refractivity contribution in [3.63, 3.8) is 0 Å². The molecule has 0 fully saturated rings. The highest BCUT2D eigenvalue weighted by molar-refractivity contribution is 14.1. The van der Waals surface area contributed by atoms with E-state index in [2.05, 4.69) is 32.6 Å². The van der Waals surface area contributed by atoms with E-state index >= 15 is 0 Å². The largest absolute Gasteiger partial charge is 0.465 e. The number of benzene rings is 1. The van der Waals surface area contributed by atoms with Crippen molar-refractivity contribution in [1.29, 1.82) is 0 Å². The van der Waals surface area contributed by atoms with Gasteiger partial charge in [-0.25, -0.2) is 4.79 Å². The first-order valence-electron chi connectivity index (χ1n) is 4.33. The summed E-state index contributed by atoms with van der Waals surface area (Å²) in [6, 6.07) is 5.18. The molecule has 1 N–H and O–H groups in total. The van der Waals surface area contributed by atoms with E-state index in [1.165, 1.54) is 7.11 Å². The number of ether oxygens (including phenoxy) is 1. The van der Waals surface area contributed by atoms with Gasteiger partial charge in [0.05, 0.1) is 21.7 Å². The van der Waals surface area contributed by atoms with Crippen LogP contribution in [0.2, 0.25) is 5.02 Å². The van der Waals surface area contributed by atoms with Gasteiger partial charge in [-0.3, -0.25) is 0 Å². The van der Waals surface area contributed by atoms with E-state index in [9.17, 15) is 4.79 Å². The van der Waals surface area contributed by atoms with Crippen LogP contribution in [0.15, 0.2) is 18.2 Å². The highest BCUT2D eigenvalue weighted by Crippen LogP contribution is 2.22. The zero-order chi connectivity index (χ0) is 11.4. The number of alkyl halides is 1. The van der Waals surface area contributed by atoms with Crippen LogP contribution in [0.25, 0.3) is 0 Å². The number of carbonyl (C=O) groups is 1. The fraction of sp³-hybridized carbons (Fsp3) is 0.300. The molecule has 0 aromatic heterocycles. The summed E-state index contributed by atoms with van der Waals surface area (Å²) in [7, 11) is 1.33. The van der Waals surface area contributed by atoms with E-state index in [0.717, 1.165) is 5.69 Å². The number of esters is 1. The molecule has 0 aliphatic heterocycles. The van der Waals surface area contributed by atoms with Crippen LogP contribution < -0.4 is 5.32 Å². The molecular weight excluding hydrogens is 328 g/mol. The Balaban J connectivity index is 3.00. The lowest BCUT2D eigenvalue weighted by Gasteiger charge is -2.10. The molecule has 3 nitrogen and oxygen atoms in total. The van der Waals surface area contributed by atoms with Crippen LogP contribution in [0.5, 0.6) is 0 Å². The smallest absolute Gasteiger partial charge is 0.339 e. The molecule has 0 aliphatic carbocycles.